The summed E-state index contributed by atoms with van der Waals surface area (Å²) in [4.78, 5) is 0. The van der Waals surface area contributed by atoms with Gasteiger partial charge in [-0.25, -0.2) is 4.21 Å². The lowest BCUT2D eigenvalue weighted by Gasteiger charge is -2.13. The molecule has 1 atom stereocenters. The molecule has 0 spiro atoms. The zero-order chi connectivity index (χ0) is 14.8. The van der Waals surface area contributed by atoms with Crippen LogP contribution in [-0.4, -0.2) is 15.2 Å². The van der Waals surface area contributed by atoms with Crippen LogP contribution in [0.3, 0.4) is 0 Å². The zero-order valence-electron chi connectivity index (χ0n) is 11.2. The van der Waals surface area contributed by atoms with Crippen molar-refractivity contribution in [3.05, 3.63) is 34.9 Å². The van der Waals surface area contributed by atoms with Crippen molar-refractivity contribution < 1.29 is 17.4 Å². The summed E-state index contributed by atoms with van der Waals surface area (Å²) in [7, 11) is -1.42. The molecule has 2 nitrogen and oxygen atoms in total. The number of aryl methyl sites for hydroxylation is 1. The van der Waals surface area contributed by atoms with Crippen LogP contribution in [0.4, 0.5) is 13.2 Å². The number of benzene rings is 1. The molecule has 0 bridgehead atoms. The van der Waals surface area contributed by atoms with Crippen LogP contribution in [0.25, 0.3) is 0 Å². The molecule has 0 saturated heterocycles. The molecule has 0 unspecified atom stereocenters. The summed E-state index contributed by atoms with van der Waals surface area (Å²) in [5.41, 5.74) is 0.286. The van der Waals surface area contributed by atoms with E-state index < -0.39 is 27.5 Å². The minimum atomic E-state index is -4.35. The van der Waals surface area contributed by atoms with Crippen LogP contribution in [0.5, 0.6) is 0 Å². The molecule has 0 amide bonds. The number of hydrogen-bond acceptors (Lipinski definition) is 1. The van der Waals surface area contributed by atoms with Crippen LogP contribution in [-0.2, 0) is 17.2 Å². The fraction of sp³-hybridized carbons (Fsp3) is 0.462. The molecule has 1 aromatic carbocycles. The summed E-state index contributed by atoms with van der Waals surface area (Å²) in [6.45, 7) is 6.90. The normalized spacial score (nSPS) is 14.9. The molecule has 0 aliphatic carbocycles. The van der Waals surface area contributed by atoms with Crippen molar-refractivity contribution in [2.45, 2.75) is 38.6 Å². The Balaban J connectivity index is 2.99. The van der Waals surface area contributed by atoms with Crippen molar-refractivity contribution in [1.29, 1.82) is 0 Å². The smallest absolute Gasteiger partial charge is 0.234 e. The first-order valence-electron chi connectivity index (χ1n) is 5.66. The Hall–Kier alpha value is -1.17. The van der Waals surface area contributed by atoms with E-state index in [2.05, 4.69) is 4.40 Å². The SMILES string of the molecule is Cc1cc(C(F)(F)F)ccc1C=N[S@](=O)C(C)(C)C. The van der Waals surface area contributed by atoms with E-state index in [9.17, 15) is 17.4 Å². The van der Waals surface area contributed by atoms with E-state index in [4.69, 9.17) is 0 Å². The largest absolute Gasteiger partial charge is 0.416 e. The molecule has 0 N–H and O–H groups in total. The monoisotopic (exact) mass is 291 g/mol. The lowest BCUT2D eigenvalue weighted by Crippen LogP contribution is -2.19. The second-order valence-corrected chi connectivity index (χ2v) is 7.10. The van der Waals surface area contributed by atoms with E-state index in [0.29, 0.717) is 11.1 Å². The van der Waals surface area contributed by atoms with E-state index in [1.54, 1.807) is 27.7 Å². The van der Waals surface area contributed by atoms with E-state index in [1.165, 1.54) is 12.3 Å². The molecule has 0 aromatic heterocycles. The van der Waals surface area contributed by atoms with Crippen LogP contribution in [0.2, 0.25) is 0 Å². The fourth-order valence-corrected chi connectivity index (χ4v) is 1.79. The Kier molecular flexibility index (Phi) is 4.55. The van der Waals surface area contributed by atoms with Gasteiger partial charge in [0, 0.05) is 6.21 Å². The van der Waals surface area contributed by atoms with Gasteiger partial charge in [0.15, 0.2) is 0 Å². The highest BCUT2D eigenvalue weighted by molar-refractivity contribution is 7.85. The van der Waals surface area contributed by atoms with Gasteiger partial charge in [0.25, 0.3) is 0 Å². The highest BCUT2D eigenvalue weighted by Gasteiger charge is 2.30. The molecule has 6 heteroatoms. The Bertz CT molecular complexity index is 516. The summed E-state index contributed by atoms with van der Waals surface area (Å²) in [5.74, 6) is 0. The lowest BCUT2D eigenvalue weighted by molar-refractivity contribution is -0.137. The fourth-order valence-electron chi connectivity index (χ4n) is 1.26. The number of halogens is 3. The summed E-state index contributed by atoms with van der Waals surface area (Å²) in [6.07, 6.45) is -2.99. The minimum Gasteiger partial charge on any atom is -0.234 e. The van der Waals surface area contributed by atoms with Crippen LogP contribution < -0.4 is 0 Å². The molecule has 0 saturated carbocycles. The van der Waals surface area contributed by atoms with Gasteiger partial charge in [-0.15, -0.1) is 0 Å². The Morgan fingerprint density at radius 3 is 2.21 bits per heavy atom. The first kappa shape index (κ1) is 15.9. The van der Waals surface area contributed by atoms with Gasteiger partial charge in [-0.05, 0) is 51.0 Å². The van der Waals surface area contributed by atoms with Gasteiger partial charge in [0.2, 0.25) is 0 Å². The van der Waals surface area contributed by atoms with E-state index in [-0.39, 0.29) is 0 Å². The molecule has 1 rings (SSSR count). The molecule has 0 heterocycles. The molecule has 106 valence electrons. The average Bonchev–Trinajstić information content (AvgIpc) is 2.24. The molecule has 1 aromatic rings. The molecule has 0 aliphatic heterocycles. The lowest BCUT2D eigenvalue weighted by atomic mass is 10.1. The third-order valence-electron chi connectivity index (χ3n) is 2.41. The Morgan fingerprint density at radius 2 is 1.79 bits per heavy atom. The molecule has 19 heavy (non-hydrogen) atoms. The van der Waals surface area contributed by atoms with Gasteiger partial charge < -0.3 is 0 Å². The first-order chi connectivity index (χ1) is 8.51. The van der Waals surface area contributed by atoms with Crippen molar-refractivity contribution in [1.82, 2.24) is 0 Å². The van der Waals surface area contributed by atoms with Gasteiger partial charge in [-0.1, -0.05) is 6.07 Å². The second-order valence-electron chi connectivity index (χ2n) is 5.17. The highest BCUT2D eigenvalue weighted by atomic mass is 32.2. The van der Waals surface area contributed by atoms with Crippen LogP contribution in [0, 0.1) is 6.92 Å². The van der Waals surface area contributed by atoms with Crippen molar-refractivity contribution in [3.8, 4) is 0 Å². The van der Waals surface area contributed by atoms with E-state index in [1.807, 2.05) is 0 Å². The van der Waals surface area contributed by atoms with Gasteiger partial charge in [-0.3, -0.25) is 0 Å². The third kappa shape index (κ3) is 4.45. The van der Waals surface area contributed by atoms with Crippen molar-refractivity contribution >= 4 is 17.2 Å². The predicted molar refractivity (Wildman–Crippen MR) is 71.7 cm³/mol. The van der Waals surface area contributed by atoms with Crippen LogP contribution in [0.1, 0.15) is 37.5 Å². The van der Waals surface area contributed by atoms with E-state index in [0.717, 1.165) is 12.1 Å². The molecular formula is C13H16F3NOS. The summed E-state index contributed by atoms with van der Waals surface area (Å²) in [5, 5.41) is 0. The second kappa shape index (κ2) is 5.45. The minimum absolute atomic E-state index is 0.449. The average molecular weight is 291 g/mol. The topological polar surface area (TPSA) is 29.4 Å². The third-order valence-corrected chi connectivity index (χ3v) is 3.75. The number of rotatable bonds is 2. The standard InChI is InChI=1S/C13H16F3NOS/c1-9-7-11(13(14,15)16)6-5-10(9)8-17-19(18)12(2,3)4/h5-8H,1-4H3/t19-/m1/s1. The van der Waals surface area contributed by atoms with Gasteiger partial charge in [-0.2, -0.15) is 17.6 Å². The molecule has 0 radical (unpaired) electrons. The quantitative estimate of drug-likeness (QED) is 0.760. The Labute approximate surface area is 113 Å². The van der Waals surface area contributed by atoms with Crippen molar-refractivity contribution in [2.75, 3.05) is 0 Å². The van der Waals surface area contributed by atoms with Gasteiger partial charge in [0.1, 0.15) is 11.0 Å². The number of alkyl halides is 3. The molecule has 0 fully saturated rings. The zero-order valence-corrected chi connectivity index (χ0v) is 12.0. The van der Waals surface area contributed by atoms with Crippen molar-refractivity contribution in [2.24, 2.45) is 4.40 Å². The molecular weight excluding hydrogens is 275 g/mol. The maximum absolute atomic E-state index is 12.5. The predicted octanol–water partition coefficient (Wildman–Crippen LogP) is 3.89. The highest BCUT2D eigenvalue weighted by Crippen LogP contribution is 2.30. The number of nitrogens with zero attached hydrogens (tertiary/aromatic N) is 1. The van der Waals surface area contributed by atoms with Gasteiger partial charge >= 0.3 is 6.18 Å². The number of hydrogen-bond donors (Lipinski definition) is 0. The molecule has 0 aliphatic rings. The van der Waals surface area contributed by atoms with E-state index >= 15 is 0 Å². The summed E-state index contributed by atoms with van der Waals surface area (Å²) < 4.78 is 52.6. The van der Waals surface area contributed by atoms with Crippen LogP contribution >= 0.6 is 0 Å². The van der Waals surface area contributed by atoms with Crippen LogP contribution in [0.15, 0.2) is 22.6 Å². The maximum Gasteiger partial charge on any atom is 0.416 e. The van der Waals surface area contributed by atoms with Gasteiger partial charge in [0.05, 0.1) is 10.3 Å². The first-order valence-corrected chi connectivity index (χ1v) is 6.76. The summed E-state index contributed by atoms with van der Waals surface area (Å²) in [6, 6.07) is 3.39. The summed E-state index contributed by atoms with van der Waals surface area (Å²) >= 11 is 0. The maximum atomic E-state index is 12.5. The van der Waals surface area contributed by atoms with Crippen molar-refractivity contribution in [3.63, 3.8) is 0 Å². The Morgan fingerprint density at radius 1 is 1.21 bits per heavy atom.